The Hall–Kier alpha value is -3.08. The van der Waals surface area contributed by atoms with Gasteiger partial charge in [-0.3, -0.25) is 19.4 Å². The van der Waals surface area contributed by atoms with Crippen LogP contribution in [0.1, 0.15) is 52.9 Å². The standard InChI is InChI=1S/C16H26N2O5S.C12H17N3O4S/c1-16(2)8-10(16)13(19)18-12(15(22)23)6-4-3-5-7-24-9-11(17)14(20)21;1-6(16)9-7-4-8(20-3-2-14-5-13)10(12(18)19)15(7)11(9)17/h6,10-11H,3-5,7-9,17H2,1-2H3,(H,18,19)(H,20,21)(H,22,23);5-7,9,16H,2-4H2,1H3,(H2,13,14)(H,18,19)/t10-,11+;6-,7-,9-/m11/s1. The predicted molar refractivity (Wildman–Crippen MR) is 168 cm³/mol. The number of rotatable bonds is 17. The molecule has 0 aromatic rings. The van der Waals surface area contributed by atoms with Crippen molar-refractivity contribution in [3.8, 4) is 0 Å². The molecule has 3 aliphatic rings. The molecule has 0 radical (unpaired) electrons. The first kappa shape index (κ1) is 37.1. The zero-order chi connectivity index (χ0) is 33.2. The van der Waals surface area contributed by atoms with Crippen LogP contribution < -0.4 is 16.8 Å². The Balaban J connectivity index is 0.000000311. The van der Waals surface area contributed by atoms with Crippen molar-refractivity contribution in [2.45, 2.75) is 71.1 Å². The number of nitrogens with two attached hydrogens (primary N) is 2. The first-order valence-corrected chi connectivity index (χ1v) is 16.4. The van der Waals surface area contributed by atoms with Crippen molar-refractivity contribution in [2.24, 2.45) is 33.7 Å². The summed E-state index contributed by atoms with van der Waals surface area (Å²) in [5.41, 5.74) is 10.5. The summed E-state index contributed by atoms with van der Waals surface area (Å²) in [6.07, 6.45) is 5.37. The highest BCUT2D eigenvalue weighted by atomic mass is 32.2. The van der Waals surface area contributed by atoms with E-state index in [-0.39, 0.29) is 40.6 Å². The third kappa shape index (κ3) is 10.2. The van der Waals surface area contributed by atoms with E-state index in [0.29, 0.717) is 35.8 Å². The maximum atomic E-state index is 12.0. The van der Waals surface area contributed by atoms with Gasteiger partial charge in [-0.15, -0.1) is 11.8 Å². The summed E-state index contributed by atoms with van der Waals surface area (Å²) < 4.78 is 0. The lowest BCUT2D eigenvalue weighted by molar-refractivity contribution is -0.161. The summed E-state index contributed by atoms with van der Waals surface area (Å²) in [5, 5.41) is 39.2. The van der Waals surface area contributed by atoms with Gasteiger partial charge in [0.05, 0.1) is 30.9 Å². The first-order chi connectivity index (χ1) is 20.6. The van der Waals surface area contributed by atoms with E-state index in [9.17, 15) is 34.2 Å². The maximum Gasteiger partial charge on any atom is 0.353 e. The summed E-state index contributed by atoms with van der Waals surface area (Å²) in [6.45, 7) is 6.02. The van der Waals surface area contributed by atoms with Crippen LogP contribution in [-0.4, -0.2) is 103 Å². The Morgan fingerprint density at radius 3 is 2.36 bits per heavy atom. The number of nitrogens with zero attached hydrogens (tertiary/aromatic N) is 2. The summed E-state index contributed by atoms with van der Waals surface area (Å²) in [4.78, 5) is 62.8. The van der Waals surface area contributed by atoms with E-state index in [1.165, 1.54) is 40.8 Å². The number of carbonyl (C=O) groups is 5. The lowest BCUT2D eigenvalue weighted by Gasteiger charge is -2.44. The fourth-order valence-corrected chi connectivity index (χ4v) is 6.88. The van der Waals surface area contributed by atoms with Gasteiger partial charge in [0, 0.05) is 28.7 Å². The molecule has 1 aliphatic carbocycles. The number of fused-ring (bicyclic) bond motifs is 1. The highest BCUT2D eigenvalue weighted by molar-refractivity contribution is 8.03. The molecule has 2 heterocycles. The second-order valence-electron chi connectivity index (χ2n) is 11.4. The highest BCUT2D eigenvalue weighted by Gasteiger charge is 2.56. The Labute approximate surface area is 264 Å². The zero-order valence-electron chi connectivity index (χ0n) is 25.1. The van der Waals surface area contributed by atoms with E-state index < -0.39 is 36.0 Å². The molecule has 0 aromatic carbocycles. The second-order valence-corrected chi connectivity index (χ2v) is 13.7. The fourth-order valence-electron chi connectivity index (χ4n) is 4.86. The molecule has 0 bridgehead atoms. The Bertz CT molecular complexity index is 1190. The van der Waals surface area contributed by atoms with E-state index in [1.54, 1.807) is 6.92 Å². The minimum Gasteiger partial charge on any atom is -0.480 e. The van der Waals surface area contributed by atoms with Gasteiger partial charge in [0.25, 0.3) is 0 Å². The summed E-state index contributed by atoms with van der Waals surface area (Å²) >= 11 is 2.84. The number of hydrogen-bond donors (Lipinski definition) is 7. The van der Waals surface area contributed by atoms with Crippen LogP contribution in [-0.2, 0) is 24.0 Å². The topological polar surface area (TPSA) is 246 Å². The van der Waals surface area contributed by atoms with Gasteiger partial charge in [-0.1, -0.05) is 19.9 Å². The molecule has 2 aliphatic heterocycles. The number of carboxylic acid groups (broad SMARTS) is 3. The number of amides is 2. The molecule has 2 amide bonds. The summed E-state index contributed by atoms with van der Waals surface area (Å²) in [7, 11) is 0. The average Bonchev–Trinajstić information content (AvgIpc) is 3.46. The van der Waals surface area contributed by atoms with Crippen LogP contribution in [0.4, 0.5) is 0 Å². The lowest BCUT2D eigenvalue weighted by Crippen LogP contribution is -2.61. The fraction of sp³-hybridized carbons (Fsp3) is 0.643. The van der Waals surface area contributed by atoms with Gasteiger partial charge in [0.1, 0.15) is 17.4 Å². The molecule has 5 atom stereocenters. The minimum absolute atomic E-state index is 0.0400. The Morgan fingerprint density at radius 2 is 1.84 bits per heavy atom. The monoisotopic (exact) mass is 657 g/mol. The van der Waals surface area contributed by atoms with Gasteiger partial charge in [0.2, 0.25) is 11.8 Å². The molecule has 9 N–H and O–H groups in total. The number of aliphatic hydroxyl groups excluding tert-OH is 1. The highest BCUT2D eigenvalue weighted by Crippen LogP contribution is 2.51. The van der Waals surface area contributed by atoms with Crippen molar-refractivity contribution in [1.29, 1.82) is 0 Å². The molecule has 0 spiro atoms. The molecule has 14 nitrogen and oxygen atoms in total. The molecule has 246 valence electrons. The van der Waals surface area contributed by atoms with Crippen LogP contribution in [0.25, 0.3) is 0 Å². The third-order valence-electron chi connectivity index (χ3n) is 7.52. The van der Waals surface area contributed by atoms with E-state index in [4.69, 9.17) is 21.7 Å². The van der Waals surface area contributed by atoms with Crippen LogP contribution in [0.5, 0.6) is 0 Å². The molecular formula is C28H43N5O9S2. The van der Waals surface area contributed by atoms with Crippen LogP contribution in [0, 0.1) is 17.3 Å². The number of β-lactam (4-membered cyclic amide) rings is 1. The first-order valence-electron chi connectivity index (χ1n) is 14.2. The normalized spacial score (nSPS) is 23.3. The largest absolute Gasteiger partial charge is 0.480 e. The third-order valence-corrected chi connectivity index (χ3v) is 9.78. The number of aliphatic imine (C=N–C) groups is 1. The smallest absolute Gasteiger partial charge is 0.353 e. The molecule has 2 fully saturated rings. The molecule has 3 rings (SSSR count). The summed E-state index contributed by atoms with van der Waals surface area (Å²) in [6, 6.07) is -1.08. The minimum atomic E-state index is -1.14. The van der Waals surface area contributed by atoms with Crippen molar-refractivity contribution >= 4 is 59.6 Å². The van der Waals surface area contributed by atoms with Crippen LogP contribution in [0.2, 0.25) is 0 Å². The number of hydrogen-bond acceptors (Lipinski definition) is 10. The summed E-state index contributed by atoms with van der Waals surface area (Å²) in [5.74, 6) is -2.67. The molecule has 1 saturated heterocycles. The molecule has 0 unspecified atom stereocenters. The Morgan fingerprint density at radius 1 is 1.18 bits per heavy atom. The molecular weight excluding hydrogens is 614 g/mol. The van der Waals surface area contributed by atoms with Gasteiger partial charge in [0.15, 0.2) is 0 Å². The lowest BCUT2D eigenvalue weighted by atomic mass is 9.83. The molecule has 0 aromatic heterocycles. The molecule has 44 heavy (non-hydrogen) atoms. The van der Waals surface area contributed by atoms with E-state index >= 15 is 0 Å². The number of carbonyl (C=O) groups excluding carboxylic acids is 2. The van der Waals surface area contributed by atoms with Crippen LogP contribution in [0.15, 0.2) is 27.4 Å². The van der Waals surface area contributed by atoms with Crippen LogP contribution >= 0.6 is 23.5 Å². The number of carboxylic acids is 3. The number of allylic oxidation sites excluding steroid dienone is 1. The SMILES string of the molecule is CC1(C)C[C@@H]1C(=O)NC(=CCCCCSC[C@H](N)C(=O)O)C(=O)O.C[C@@H](O)[C@H]1C(=O)N2C(C(=O)O)=C(SCCN=CN)C[C@H]12. The zero-order valence-corrected chi connectivity index (χ0v) is 26.7. The van der Waals surface area contributed by atoms with Crippen molar-refractivity contribution in [3.05, 3.63) is 22.4 Å². The molecule has 16 heteroatoms. The van der Waals surface area contributed by atoms with Gasteiger partial charge in [-0.05, 0) is 43.8 Å². The Kier molecular flexibility index (Phi) is 14.2. The van der Waals surface area contributed by atoms with Crippen molar-refractivity contribution in [2.75, 3.05) is 23.8 Å². The van der Waals surface area contributed by atoms with Crippen molar-refractivity contribution in [1.82, 2.24) is 10.2 Å². The van der Waals surface area contributed by atoms with E-state index in [0.717, 1.165) is 25.0 Å². The van der Waals surface area contributed by atoms with Gasteiger partial charge >= 0.3 is 17.9 Å². The van der Waals surface area contributed by atoms with Gasteiger partial charge < -0.3 is 42.1 Å². The number of aliphatic hydroxyl groups is 1. The van der Waals surface area contributed by atoms with Crippen molar-refractivity contribution < 1.29 is 44.4 Å². The second kappa shape index (κ2) is 16.8. The number of thioether (sulfide) groups is 2. The predicted octanol–water partition coefficient (Wildman–Crippen LogP) is 1.05. The average molecular weight is 658 g/mol. The van der Waals surface area contributed by atoms with Crippen molar-refractivity contribution in [3.63, 3.8) is 0 Å². The molecule has 1 saturated carbocycles. The quantitative estimate of drug-likeness (QED) is 0.0380. The number of nitrogens with one attached hydrogen (secondary N) is 1. The van der Waals surface area contributed by atoms with E-state index in [2.05, 4.69) is 10.3 Å². The number of aliphatic carboxylic acids is 3. The van der Waals surface area contributed by atoms with E-state index in [1.807, 2.05) is 13.8 Å². The maximum absolute atomic E-state index is 12.0. The number of unbranched alkanes of at least 4 members (excludes halogenated alkanes) is 2. The van der Waals surface area contributed by atoms with Gasteiger partial charge in [-0.25, -0.2) is 9.59 Å². The van der Waals surface area contributed by atoms with Gasteiger partial charge in [-0.2, -0.15) is 11.8 Å². The van der Waals surface area contributed by atoms with Crippen LogP contribution in [0.3, 0.4) is 0 Å².